The number of alkyl halides is 1. The van der Waals surface area contributed by atoms with E-state index in [1.54, 1.807) is 6.92 Å². The van der Waals surface area contributed by atoms with E-state index in [1.165, 1.54) is 5.01 Å². The molecule has 0 amide bonds. The molecule has 9 heteroatoms. The molecule has 8 nitrogen and oxygen atoms in total. The number of rotatable bonds is 13. The van der Waals surface area contributed by atoms with Gasteiger partial charge in [-0.2, -0.15) is 0 Å². The molecule has 0 fully saturated rings. The lowest BCUT2D eigenvalue weighted by atomic mass is 9.77. The van der Waals surface area contributed by atoms with Gasteiger partial charge in [0, 0.05) is 11.1 Å². The Morgan fingerprint density at radius 1 is 0.949 bits per heavy atom. The lowest BCUT2D eigenvalue weighted by Gasteiger charge is -2.27. The van der Waals surface area contributed by atoms with Crippen molar-refractivity contribution in [3.05, 3.63) is 70.5 Å². The number of ether oxygens (including phenoxy) is 2. The number of hydrogen-bond acceptors (Lipinski definition) is 8. The molecule has 0 saturated heterocycles. The highest BCUT2D eigenvalue weighted by molar-refractivity contribution is 6.18. The lowest BCUT2D eigenvalue weighted by molar-refractivity contribution is 0.0741. The normalized spacial score (nSPS) is 13.1. The standard InChI is InChI=1S/C26H38ClN3O5.2C2H6/c1-17-11-20(7-10-25(17)35-15-21(32)12-27)26(3,4)19-5-8-23(9-6-19)34-16-22(33)13-30(29)24(14-31)18(2)28;2*1-2/h5-11,21-22,31-33H,12-16,28-29H2,1-4H3;2*1-2H3/b24-18-;;. The predicted molar refractivity (Wildman–Crippen MR) is 161 cm³/mol. The highest BCUT2D eigenvalue weighted by Crippen LogP contribution is 2.34. The first kappa shape index (κ1) is 36.5. The third kappa shape index (κ3) is 11.6. The summed E-state index contributed by atoms with van der Waals surface area (Å²) in [6.45, 7) is 15.8. The summed E-state index contributed by atoms with van der Waals surface area (Å²) in [5.41, 5.74) is 9.36. The number of nitrogens with two attached hydrogens (primary N) is 2. The zero-order chi connectivity index (χ0) is 30.2. The lowest BCUT2D eigenvalue weighted by Crippen LogP contribution is -2.41. The molecule has 2 rings (SSSR count). The molecule has 0 aliphatic carbocycles. The molecule has 0 aliphatic heterocycles. The average molecular weight is 568 g/mol. The first-order chi connectivity index (χ1) is 18.5. The van der Waals surface area contributed by atoms with Crippen LogP contribution in [0.4, 0.5) is 0 Å². The van der Waals surface area contributed by atoms with Crippen molar-refractivity contribution in [3.63, 3.8) is 0 Å². The fourth-order valence-corrected chi connectivity index (χ4v) is 3.68. The van der Waals surface area contributed by atoms with E-state index in [0.29, 0.717) is 17.1 Å². The molecule has 2 aromatic carbocycles. The van der Waals surface area contributed by atoms with Gasteiger partial charge in [0.25, 0.3) is 0 Å². The summed E-state index contributed by atoms with van der Waals surface area (Å²) in [6, 6.07) is 13.7. The zero-order valence-electron chi connectivity index (χ0n) is 24.9. The Balaban J connectivity index is 0.00000344. The predicted octanol–water partition coefficient (Wildman–Crippen LogP) is 4.45. The van der Waals surface area contributed by atoms with Crippen LogP contribution in [0.15, 0.2) is 53.9 Å². The summed E-state index contributed by atoms with van der Waals surface area (Å²) in [4.78, 5) is 0. The molecule has 0 radical (unpaired) electrons. The Bertz CT molecular complexity index is 979. The van der Waals surface area contributed by atoms with E-state index < -0.39 is 12.2 Å². The van der Waals surface area contributed by atoms with Crippen LogP contribution in [0, 0.1) is 6.92 Å². The molecule has 39 heavy (non-hydrogen) atoms. The van der Waals surface area contributed by atoms with Crippen molar-refractivity contribution in [1.82, 2.24) is 5.01 Å². The van der Waals surface area contributed by atoms with Gasteiger partial charge < -0.3 is 35.5 Å². The van der Waals surface area contributed by atoms with Crippen molar-refractivity contribution in [2.45, 2.75) is 73.0 Å². The van der Waals surface area contributed by atoms with E-state index in [2.05, 4.69) is 19.9 Å². The molecule has 0 spiro atoms. The van der Waals surface area contributed by atoms with E-state index in [9.17, 15) is 15.3 Å². The number of benzene rings is 2. The average Bonchev–Trinajstić information content (AvgIpc) is 2.93. The second kappa shape index (κ2) is 18.7. The van der Waals surface area contributed by atoms with Crippen LogP contribution >= 0.6 is 11.6 Å². The van der Waals surface area contributed by atoms with Crippen LogP contribution in [0.2, 0.25) is 0 Å². The number of allylic oxidation sites excluding steroid dienone is 1. The molecule has 0 aromatic heterocycles. The molecule has 2 atom stereocenters. The first-order valence-corrected chi connectivity index (χ1v) is 14.0. The Labute approximate surface area is 240 Å². The zero-order valence-corrected chi connectivity index (χ0v) is 25.6. The Morgan fingerprint density at radius 3 is 1.97 bits per heavy atom. The monoisotopic (exact) mass is 567 g/mol. The molecule has 0 heterocycles. The maximum absolute atomic E-state index is 10.2. The molecule has 0 aliphatic rings. The number of hydrogen-bond donors (Lipinski definition) is 5. The maximum Gasteiger partial charge on any atom is 0.122 e. The van der Waals surface area contributed by atoms with Gasteiger partial charge in [-0.1, -0.05) is 65.8 Å². The van der Waals surface area contributed by atoms with E-state index in [0.717, 1.165) is 22.4 Å². The molecule has 2 aromatic rings. The van der Waals surface area contributed by atoms with Crippen LogP contribution in [-0.4, -0.2) is 64.8 Å². The number of aliphatic hydroxyl groups excluding tert-OH is 3. The largest absolute Gasteiger partial charge is 0.491 e. The molecule has 0 saturated carbocycles. The summed E-state index contributed by atoms with van der Waals surface area (Å²) in [5.74, 6) is 7.34. The van der Waals surface area contributed by atoms with Gasteiger partial charge in [0.05, 0.1) is 24.7 Å². The van der Waals surface area contributed by atoms with Gasteiger partial charge in [0.15, 0.2) is 0 Å². The van der Waals surface area contributed by atoms with Crippen LogP contribution in [0.3, 0.4) is 0 Å². The summed E-state index contributed by atoms with van der Waals surface area (Å²) in [5, 5.41) is 30.4. The second-order valence-electron chi connectivity index (χ2n) is 9.15. The quantitative estimate of drug-likeness (QED) is 0.136. The molecule has 2 unspecified atom stereocenters. The fourth-order valence-electron chi connectivity index (χ4n) is 3.59. The summed E-state index contributed by atoms with van der Waals surface area (Å²) in [6.07, 6.45) is -1.57. The molecular formula is C30H50ClN3O5. The number of halogens is 1. The number of aryl methyl sites for hydroxylation is 1. The molecule has 222 valence electrons. The van der Waals surface area contributed by atoms with Gasteiger partial charge in [-0.15, -0.1) is 11.6 Å². The van der Waals surface area contributed by atoms with Gasteiger partial charge in [-0.05, 0) is 48.7 Å². The van der Waals surface area contributed by atoms with Crippen molar-refractivity contribution in [2.24, 2.45) is 11.6 Å². The minimum atomic E-state index is -0.869. The first-order valence-electron chi connectivity index (χ1n) is 13.5. The Morgan fingerprint density at radius 2 is 1.49 bits per heavy atom. The molecular weight excluding hydrogens is 518 g/mol. The van der Waals surface area contributed by atoms with Crippen LogP contribution in [0.5, 0.6) is 11.5 Å². The number of hydrazine groups is 1. The third-order valence-electron chi connectivity index (χ3n) is 5.88. The van der Waals surface area contributed by atoms with E-state index in [-0.39, 0.29) is 37.7 Å². The summed E-state index contributed by atoms with van der Waals surface area (Å²) >= 11 is 5.63. The summed E-state index contributed by atoms with van der Waals surface area (Å²) in [7, 11) is 0. The van der Waals surface area contributed by atoms with E-state index in [4.69, 9.17) is 32.7 Å². The highest BCUT2D eigenvalue weighted by atomic mass is 35.5. The van der Waals surface area contributed by atoms with E-state index >= 15 is 0 Å². The van der Waals surface area contributed by atoms with E-state index in [1.807, 2.05) is 71.0 Å². The van der Waals surface area contributed by atoms with Gasteiger partial charge in [0.1, 0.15) is 36.9 Å². The molecule has 7 N–H and O–H groups in total. The highest BCUT2D eigenvalue weighted by Gasteiger charge is 2.24. The van der Waals surface area contributed by atoms with Gasteiger partial charge in [0.2, 0.25) is 0 Å². The molecule has 0 bridgehead atoms. The topological polar surface area (TPSA) is 134 Å². The van der Waals surface area contributed by atoms with Crippen LogP contribution < -0.4 is 21.1 Å². The van der Waals surface area contributed by atoms with Crippen molar-refractivity contribution in [2.75, 3.05) is 32.2 Å². The van der Waals surface area contributed by atoms with Crippen molar-refractivity contribution in [3.8, 4) is 11.5 Å². The van der Waals surface area contributed by atoms with Gasteiger partial charge >= 0.3 is 0 Å². The number of nitrogens with zero attached hydrogens (tertiary/aromatic N) is 1. The number of aliphatic hydroxyl groups is 3. The second-order valence-corrected chi connectivity index (χ2v) is 9.46. The summed E-state index contributed by atoms with van der Waals surface area (Å²) < 4.78 is 11.4. The van der Waals surface area contributed by atoms with Crippen LogP contribution in [-0.2, 0) is 5.41 Å². The van der Waals surface area contributed by atoms with Gasteiger partial charge in [-0.25, -0.2) is 5.84 Å². The van der Waals surface area contributed by atoms with Crippen LogP contribution in [0.25, 0.3) is 0 Å². The van der Waals surface area contributed by atoms with Gasteiger partial charge in [-0.3, -0.25) is 0 Å². The smallest absolute Gasteiger partial charge is 0.122 e. The third-order valence-corrected chi connectivity index (χ3v) is 6.24. The Hall–Kier alpha value is -2.49. The van der Waals surface area contributed by atoms with Crippen LogP contribution in [0.1, 0.15) is 65.2 Å². The minimum Gasteiger partial charge on any atom is -0.491 e. The maximum atomic E-state index is 10.2. The SMILES string of the molecule is C/C(N)=C(\CO)N(N)CC(O)COc1ccc(C(C)(C)c2ccc(OCC(O)CCl)c(C)c2)cc1.CC.CC. The Kier molecular flexibility index (Phi) is 17.5. The van der Waals surface area contributed by atoms with Crippen molar-refractivity contribution >= 4 is 11.6 Å². The van der Waals surface area contributed by atoms with Crippen molar-refractivity contribution < 1.29 is 24.8 Å². The van der Waals surface area contributed by atoms with Crippen molar-refractivity contribution in [1.29, 1.82) is 0 Å². The minimum absolute atomic E-state index is 0.0395. The fraction of sp³-hybridized carbons (Fsp3) is 0.533.